The Morgan fingerprint density at radius 3 is 2.43 bits per heavy atom. The smallest absolute Gasteiger partial charge is 0.296 e. The van der Waals surface area contributed by atoms with Crippen LogP contribution >= 0.6 is 70.3 Å². The lowest BCUT2D eigenvalue weighted by molar-refractivity contribution is 0.137. The fourth-order valence-corrected chi connectivity index (χ4v) is 5.28. The lowest BCUT2D eigenvalue weighted by atomic mass is 10.2. The number of hydrogen-bond donors (Lipinski definition) is 0. The highest BCUT2D eigenvalue weighted by Gasteiger charge is 2.39. The van der Waals surface area contributed by atoms with Gasteiger partial charge in [0.1, 0.15) is 22.8 Å². The average Bonchev–Trinajstić information content (AvgIpc) is 2.70. The van der Waals surface area contributed by atoms with Crippen LogP contribution in [0.1, 0.15) is 13.8 Å². The third kappa shape index (κ3) is 6.18. The molecule has 0 aromatic heterocycles. The molecule has 1 saturated heterocycles. The summed E-state index contributed by atoms with van der Waals surface area (Å²) in [5, 5.41) is 22.1. The van der Waals surface area contributed by atoms with Gasteiger partial charge in [0.2, 0.25) is 0 Å². The van der Waals surface area contributed by atoms with Gasteiger partial charge in [0, 0.05) is 19.0 Å². The molecule has 0 bridgehead atoms. The first-order valence-electron chi connectivity index (χ1n) is 5.70. The van der Waals surface area contributed by atoms with E-state index in [1.54, 1.807) is 0 Å². The molecule has 0 unspecified atom stereocenters. The Labute approximate surface area is 161 Å². The standard InChI is InChI=1S/C11H9Cl3N4O2S3/c1-10(2)8(21-7(22-10)6(4-15)5-16)17-20-9(19)18(3)23-11(12,13)14/h1-3H3/b17-8+. The molecule has 1 aliphatic rings. The quantitative estimate of drug-likeness (QED) is 0.203. The predicted octanol–water partition coefficient (Wildman–Crippen LogP) is 4.86. The molecule has 1 aliphatic heterocycles. The van der Waals surface area contributed by atoms with Crippen LogP contribution in [0.25, 0.3) is 0 Å². The van der Waals surface area contributed by atoms with Crippen LogP contribution in [0.3, 0.4) is 0 Å². The van der Waals surface area contributed by atoms with Crippen LogP contribution in [-0.2, 0) is 4.84 Å². The maximum atomic E-state index is 11.8. The van der Waals surface area contributed by atoms with Crippen LogP contribution < -0.4 is 0 Å². The molecule has 0 spiro atoms. The highest BCUT2D eigenvalue weighted by molar-refractivity contribution is 8.35. The van der Waals surface area contributed by atoms with Crippen molar-refractivity contribution in [2.24, 2.45) is 5.16 Å². The molecule has 124 valence electrons. The van der Waals surface area contributed by atoms with Crippen molar-refractivity contribution in [1.82, 2.24) is 4.31 Å². The molecule has 1 rings (SSSR count). The van der Waals surface area contributed by atoms with Gasteiger partial charge in [-0.05, 0) is 13.8 Å². The topological polar surface area (TPSA) is 89.5 Å². The van der Waals surface area contributed by atoms with E-state index in [1.807, 2.05) is 26.0 Å². The summed E-state index contributed by atoms with van der Waals surface area (Å²) < 4.78 is -0.745. The van der Waals surface area contributed by atoms with E-state index in [-0.39, 0.29) is 5.57 Å². The number of allylic oxidation sites excluding steroid dienone is 1. The number of carbonyl (C=O) groups is 1. The van der Waals surface area contributed by atoms with Gasteiger partial charge in [0.05, 0.1) is 8.98 Å². The maximum Gasteiger partial charge on any atom is 0.445 e. The van der Waals surface area contributed by atoms with Gasteiger partial charge < -0.3 is 0 Å². The lowest BCUT2D eigenvalue weighted by Crippen LogP contribution is -2.25. The van der Waals surface area contributed by atoms with E-state index in [4.69, 9.17) is 50.2 Å². The number of hydrogen-bond acceptors (Lipinski definition) is 8. The zero-order chi connectivity index (χ0) is 17.8. The number of rotatable bonds is 2. The van der Waals surface area contributed by atoms with Crippen molar-refractivity contribution in [2.45, 2.75) is 21.7 Å². The third-order valence-electron chi connectivity index (χ3n) is 2.18. The van der Waals surface area contributed by atoms with Gasteiger partial charge in [-0.15, -0.1) is 11.8 Å². The van der Waals surface area contributed by atoms with Crippen molar-refractivity contribution in [3.8, 4) is 12.1 Å². The van der Waals surface area contributed by atoms with Crippen molar-refractivity contribution in [3.63, 3.8) is 0 Å². The molecule has 0 aromatic carbocycles. The highest BCUT2D eigenvalue weighted by atomic mass is 35.6. The van der Waals surface area contributed by atoms with Gasteiger partial charge in [-0.3, -0.25) is 4.84 Å². The number of carbonyl (C=O) groups excluding carboxylic acids is 1. The number of nitriles is 2. The molecule has 12 heteroatoms. The number of alkyl halides is 3. The number of halogens is 3. The zero-order valence-corrected chi connectivity index (χ0v) is 16.7. The number of thioether (sulfide) groups is 2. The number of oxime groups is 1. The molecular weight excluding hydrogens is 423 g/mol. The van der Waals surface area contributed by atoms with E-state index in [0.29, 0.717) is 21.2 Å². The third-order valence-corrected chi connectivity index (χ3v) is 6.33. The first-order chi connectivity index (χ1) is 10.5. The van der Waals surface area contributed by atoms with E-state index >= 15 is 0 Å². The molecule has 0 saturated carbocycles. The minimum atomic E-state index is -1.71. The molecule has 6 nitrogen and oxygen atoms in total. The van der Waals surface area contributed by atoms with Gasteiger partial charge in [0.25, 0.3) is 3.12 Å². The summed E-state index contributed by atoms with van der Waals surface area (Å²) in [7, 11) is 1.37. The second kappa shape index (κ2) is 8.11. The summed E-state index contributed by atoms with van der Waals surface area (Å²) in [5.74, 6) is 0. The van der Waals surface area contributed by atoms with Gasteiger partial charge in [-0.2, -0.15) is 10.5 Å². The molecule has 1 amide bonds. The van der Waals surface area contributed by atoms with E-state index in [9.17, 15) is 4.79 Å². The van der Waals surface area contributed by atoms with Gasteiger partial charge in [-0.25, -0.2) is 9.10 Å². The van der Waals surface area contributed by atoms with Crippen LogP contribution in [0.4, 0.5) is 4.79 Å². The fraction of sp³-hybridized carbons (Fsp3) is 0.455. The van der Waals surface area contributed by atoms with E-state index in [2.05, 4.69) is 5.16 Å². The molecular formula is C11H9Cl3N4O2S3. The fourth-order valence-electron chi connectivity index (χ4n) is 1.18. The largest absolute Gasteiger partial charge is 0.445 e. The Hall–Kier alpha value is -0.420. The monoisotopic (exact) mass is 430 g/mol. The number of nitrogens with zero attached hydrogens (tertiary/aromatic N) is 4. The minimum Gasteiger partial charge on any atom is -0.296 e. The normalized spacial score (nSPS) is 18.3. The van der Waals surface area contributed by atoms with E-state index in [0.717, 1.165) is 16.1 Å². The van der Waals surface area contributed by atoms with E-state index < -0.39 is 14.0 Å². The zero-order valence-electron chi connectivity index (χ0n) is 12.0. The highest BCUT2D eigenvalue weighted by Crippen LogP contribution is 2.51. The van der Waals surface area contributed by atoms with Crippen LogP contribution in [0.5, 0.6) is 0 Å². The minimum absolute atomic E-state index is 0.00604. The molecule has 0 aromatic rings. The first-order valence-corrected chi connectivity index (χ1v) is 9.24. The Morgan fingerprint density at radius 2 is 1.96 bits per heavy atom. The summed E-state index contributed by atoms with van der Waals surface area (Å²) in [6.45, 7) is 3.66. The van der Waals surface area contributed by atoms with Crippen LogP contribution in [0, 0.1) is 22.7 Å². The maximum absolute atomic E-state index is 11.8. The molecule has 0 N–H and O–H groups in total. The summed E-state index contributed by atoms with van der Waals surface area (Å²) in [5.41, 5.74) is -0.00604. The van der Waals surface area contributed by atoms with Crippen LogP contribution in [-0.4, -0.2) is 30.4 Å². The summed E-state index contributed by atoms with van der Waals surface area (Å²) in [4.78, 5) is 16.6. The Bertz CT molecular complexity index is 630. The number of amides is 1. The van der Waals surface area contributed by atoms with Crippen LogP contribution in [0.2, 0.25) is 0 Å². The van der Waals surface area contributed by atoms with E-state index in [1.165, 1.54) is 18.8 Å². The van der Waals surface area contributed by atoms with Crippen LogP contribution in [0.15, 0.2) is 15.0 Å². The Balaban J connectivity index is 2.85. The van der Waals surface area contributed by atoms with Crippen molar-refractivity contribution < 1.29 is 9.63 Å². The van der Waals surface area contributed by atoms with Gasteiger partial charge >= 0.3 is 6.09 Å². The molecule has 23 heavy (non-hydrogen) atoms. The second-order valence-corrected chi connectivity index (χ2v) is 11.6. The average molecular weight is 432 g/mol. The van der Waals surface area contributed by atoms with Gasteiger partial charge in [0.15, 0.2) is 0 Å². The molecule has 0 radical (unpaired) electrons. The lowest BCUT2D eigenvalue weighted by Gasteiger charge is -2.18. The Kier molecular flexibility index (Phi) is 7.27. The van der Waals surface area contributed by atoms with Crippen molar-refractivity contribution in [3.05, 3.63) is 9.81 Å². The SMILES string of the molecule is CN(SC(Cl)(Cl)Cl)C(=O)O/N=C1/SC(=C(C#N)C#N)SC1(C)C. The molecule has 1 fully saturated rings. The van der Waals surface area contributed by atoms with Gasteiger partial charge in [-0.1, -0.05) is 51.7 Å². The molecule has 1 heterocycles. The summed E-state index contributed by atoms with van der Waals surface area (Å²) in [6, 6.07) is 3.64. The van der Waals surface area contributed by atoms with Crippen molar-refractivity contribution in [1.29, 1.82) is 10.5 Å². The van der Waals surface area contributed by atoms with Crippen molar-refractivity contribution >= 4 is 81.4 Å². The summed E-state index contributed by atoms with van der Waals surface area (Å²) in [6.07, 6.45) is -0.826. The van der Waals surface area contributed by atoms with Crippen molar-refractivity contribution in [2.75, 3.05) is 7.05 Å². The predicted molar refractivity (Wildman–Crippen MR) is 97.1 cm³/mol. The first kappa shape index (κ1) is 20.6. The molecule has 0 aliphatic carbocycles. The summed E-state index contributed by atoms with van der Waals surface area (Å²) >= 11 is 19.7. The molecule has 0 atom stereocenters. The Morgan fingerprint density at radius 1 is 1.39 bits per heavy atom. The second-order valence-electron chi connectivity index (χ2n) is 4.39.